The second-order valence-electron chi connectivity index (χ2n) is 6.94. The van der Waals surface area contributed by atoms with Gasteiger partial charge in [-0.3, -0.25) is 4.79 Å². The number of amides is 1. The molecule has 1 amide bonds. The number of carbonyl (C=O) groups excluding carboxylic acids is 1. The standard InChI is InChI=1S/C23H20ClN3O2S/c1-13-19(22(28)26-16-8-5-7-15(24)12-16)21(27-23(30)25-13)20-17-9-4-3-6-14(17)10-11-18(20)29-2/h3-12,21H,1-2H3,(H,26,28)(H2,25,27,30)/t21-/m1/s1. The lowest BCUT2D eigenvalue weighted by Gasteiger charge is -2.32. The van der Waals surface area contributed by atoms with Crippen LogP contribution in [0.1, 0.15) is 18.5 Å². The molecule has 0 fully saturated rings. The van der Waals surface area contributed by atoms with Gasteiger partial charge in [-0.25, -0.2) is 0 Å². The quantitative estimate of drug-likeness (QED) is 0.505. The van der Waals surface area contributed by atoms with Gasteiger partial charge in [-0.05, 0) is 54.2 Å². The average Bonchev–Trinajstić information content (AvgIpc) is 2.72. The monoisotopic (exact) mass is 437 g/mol. The molecule has 0 saturated heterocycles. The number of ether oxygens (including phenoxy) is 1. The first-order chi connectivity index (χ1) is 14.5. The van der Waals surface area contributed by atoms with Crippen LogP contribution < -0.4 is 20.7 Å². The lowest BCUT2D eigenvalue weighted by atomic mass is 9.90. The molecular formula is C23H20ClN3O2S. The van der Waals surface area contributed by atoms with Crippen LogP contribution in [-0.2, 0) is 4.79 Å². The Hall–Kier alpha value is -3.09. The zero-order valence-electron chi connectivity index (χ0n) is 16.5. The molecule has 1 aliphatic heterocycles. The molecule has 5 nitrogen and oxygen atoms in total. The van der Waals surface area contributed by atoms with Crippen molar-refractivity contribution in [3.63, 3.8) is 0 Å². The summed E-state index contributed by atoms with van der Waals surface area (Å²) in [5.74, 6) is 0.425. The van der Waals surface area contributed by atoms with E-state index in [0.717, 1.165) is 16.3 Å². The van der Waals surface area contributed by atoms with Crippen LogP contribution in [0.25, 0.3) is 10.8 Å². The van der Waals surface area contributed by atoms with Gasteiger partial charge in [0, 0.05) is 22.0 Å². The Bertz CT molecular complexity index is 1190. The van der Waals surface area contributed by atoms with E-state index in [9.17, 15) is 4.79 Å². The van der Waals surface area contributed by atoms with Gasteiger partial charge in [-0.1, -0.05) is 48.0 Å². The van der Waals surface area contributed by atoms with Crippen molar-refractivity contribution in [1.29, 1.82) is 0 Å². The molecule has 3 aromatic carbocycles. The summed E-state index contributed by atoms with van der Waals surface area (Å²) >= 11 is 11.5. The number of hydrogen-bond donors (Lipinski definition) is 3. The summed E-state index contributed by atoms with van der Waals surface area (Å²) in [4.78, 5) is 13.3. The molecular weight excluding hydrogens is 418 g/mol. The normalized spacial score (nSPS) is 16.1. The Balaban J connectivity index is 1.84. The van der Waals surface area contributed by atoms with Crippen molar-refractivity contribution in [2.45, 2.75) is 13.0 Å². The maximum Gasteiger partial charge on any atom is 0.255 e. The van der Waals surface area contributed by atoms with Gasteiger partial charge in [0.25, 0.3) is 5.91 Å². The number of rotatable bonds is 4. The SMILES string of the molecule is COc1ccc2ccccc2c1[C@@H]1NC(=S)NC(C)=C1C(=O)Nc1cccc(Cl)c1. The van der Waals surface area contributed by atoms with Crippen LogP contribution in [0, 0.1) is 0 Å². The fourth-order valence-electron chi connectivity index (χ4n) is 3.73. The fraction of sp³-hybridized carbons (Fsp3) is 0.130. The molecule has 0 spiro atoms. The average molecular weight is 438 g/mol. The molecule has 1 heterocycles. The Morgan fingerprint density at radius 2 is 1.93 bits per heavy atom. The lowest BCUT2D eigenvalue weighted by molar-refractivity contribution is -0.113. The number of allylic oxidation sites excluding steroid dienone is 1. The molecule has 1 aliphatic rings. The highest BCUT2D eigenvalue weighted by atomic mass is 35.5. The zero-order valence-corrected chi connectivity index (χ0v) is 18.0. The minimum atomic E-state index is -0.487. The predicted molar refractivity (Wildman–Crippen MR) is 125 cm³/mol. The minimum Gasteiger partial charge on any atom is -0.496 e. The van der Waals surface area contributed by atoms with Gasteiger partial charge in [0.2, 0.25) is 0 Å². The van der Waals surface area contributed by atoms with E-state index in [4.69, 9.17) is 28.6 Å². The third kappa shape index (κ3) is 3.84. The molecule has 0 radical (unpaired) electrons. The van der Waals surface area contributed by atoms with Gasteiger partial charge >= 0.3 is 0 Å². The van der Waals surface area contributed by atoms with Gasteiger partial charge in [0.15, 0.2) is 5.11 Å². The largest absolute Gasteiger partial charge is 0.496 e. The van der Waals surface area contributed by atoms with Crippen molar-refractivity contribution in [3.05, 3.63) is 82.5 Å². The van der Waals surface area contributed by atoms with Crippen molar-refractivity contribution < 1.29 is 9.53 Å². The first-order valence-corrected chi connectivity index (χ1v) is 10.2. The summed E-state index contributed by atoms with van der Waals surface area (Å²) in [5.41, 5.74) is 2.68. The van der Waals surface area contributed by atoms with E-state index < -0.39 is 6.04 Å². The maximum atomic E-state index is 13.3. The van der Waals surface area contributed by atoms with E-state index in [1.165, 1.54) is 0 Å². The van der Waals surface area contributed by atoms with Crippen LogP contribution in [0.2, 0.25) is 5.02 Å². The molecule has 3 N–H and O–H groups in total. The summed E-state index contributed by atoms with van der Waals surface area (Å²) in [6, 6.07) is 18.5. The zero-order chi connectivity index (χ0) is 21.3. The first-order valence-electron chi connectivity index (χ1n) is 9.39. The number of hydrogen-bond acceptors (Lipinski definition) is 3. The molecule has 0 unspecified atom stereocenters. The summed E-state index contributed by atoms with van der Waals surface area (Å²) < 4.78 is 5.66. The predicted octanol–water partition coefficient (Wildman–Crippen LogP) is 4.93. The first kappa shape index (κ1) is 20.2. The number of halogens is 1. The number of carbonyl (C=O) groups is 1. The van der Waals surface area contributed by atoms with Crippen molar-refractivity contribution in [1.82, 2.24) is 10.6 Å². The molecule has 7 heteroatoms. The second kappa shape index (κ2) is 8.34. The summed E-state index contributed by atoms with van der Waals surface area (Å²) in [5, 5.41) is 12.3. The summed E-state index contributed by atoms with van der Waals surface area (Å²) in [6.07, 6.45) is 0. The molecule has 0 aromatic heterocycles. The molecule has 0 aliphatic carbocycles. The van der Waals surface area contributed by atoms with E-state index in [1.54, 1.807) is 31.4 Å². The van der Waals surface area contributed by atoms with Crippen LogP contribution in [0.15, 0.2) is 71.9 Å². The molecule has 30 heavy (non-hydrogen) atoms. The molecule has 152 valence electrons. The topological polar surface area (TPSA) is 62.4 Å². The van der Waals surface area contributed by atoms with Crippen LogP contribution in [0.4, 0.5) is 5.69 Å². The third-order valence-corrected chi connectivity index (χ3v) is 5.49. The van der Waals surface area contributed by atoms with Crippen LogP contribution in [0.3, 0.4) is 0 Å². The molecule has 1 atom stereocenters. The minimum absolute atomic E-state index is 0.253. The van der Waals surface area contributed by atoms with Gasteiger partial charge in [-0.15, -0.1) is 0 Å². The Morgan fingerprint density at radius 1 is 1.13 bits per heavy atom. The van der Waals surface area contributed by atoms with Crippen molar-refractivity contribution in [2.24, 2.45) is 0 Å². The van der Waals surface area contributed by atoms with E-state index in [0.29, 0.717) is 32.8 Å². The molecule has 4 rings (SSSR count). The number of benzene rings is 3. The van der Waals surface area contributed by atoms with E-state index in [-0.39, 0.29) is 5.91 Å². The van der Waals surface area contributed by atoms with Gasteiger partial charge in [0.1, 0.15) is 5.75 Å². The van der Waals surface area contributed by atoms with Gasteiger partial charge in [-0.2, -0.15) is 0 Å². The second-order valence-corrected chi connectivity index (χ2v) is 7.78. The Labute approximate surface area is 185 Å². The molecule has 3 aromatic rings. The maximum absolute atomic E-state index is 13.3. The van der Waals surface area contributed by atoms with E-state index in [1.807, 2.05) is 43.3 Å². The lowest BCUT2D eigenvalue weighted by Crippen LogP contribution is -2.46. The summed E-state index contributed by atoms with van der Waals surface area (Å²) in [6.45, 7) is 1.84. The Kier molecular flexibility index (Phi) is 5.61. The Morgan fingerprint density at radius 3 is 2.70 bits per heavy atom. The number of methoxy groups -OCH3 is 1. The smallest absolute Gasteiger partial charge is 0.255 e. The summed E-state index contributed by atoms with van der Waals surface area (Å²) in [7, 11) is 1.62. The highest BCUT2D eigenvalue weighted by molar-refractivity contribution is 7.80. The van der Waals surface area contributed by atoms with Gasteiger partial charge in [0.05, 0.1) is 18.7 Å². The highest BCUT2D eigenvalue weighted by Gasteiger charge is 2.33. The van der Waals surface area contributed by atoms with Gasteiger partial charge < -0.3 is 20.7 Å². The fourth-order valence-corrected chi connectivity index (χ4v) is 4.19. The number of nitrogens with one attached hydrogen (secondary N) is 3. The van der Waals surface area contributed by atoms with Crippen molar-refractivity contribution >= 4 is 51.3 Å². The van der Waals surface area contributed by atoms with Crippen molar-refractivity contribution in [3.8, 4) is 5.75 Å². The number of thiocarbonyl (C=S) groups is 1. The molecule has 0 bridgehead atoms. The number of anilines is 1. The van der Waals surface area contributed by atoms with Crippen LogP contribution in [0.5, 0.6) is 5.75 Å². The van der Waals surface area contributed by atoms with Crippen LogP contribution in [-0.4, -0.2) is 18.1 Å². The van der Waals surface area contributed by atoms with E-state index >= 15 is 0 Å². The third-order valence-electron chi connectivity index (χ3n) is 5.04. The highest BCUT2D eigenvalue weighted by Crippen LogP contribution is 2.38. The molecule has 0 saturated carbocycles. The van der Waals surface area contributed by atoms with Crippen molar-refractivity contribution in [2.75, 3.05) is 12.4 Å². The van der Waals surface area contributed by atoms with E-state index in [2.05, 4.69) is 16.0 Å². The van der Waals surface area contributed by atoms with Crippen LogP contribution >= 0.6 is 23.8 Å². The number of fused-ring (bicyclic) bond motifs is 1.